The standard InChI is InChI=1S/C18H17ClN2O2/c19-15-6-8-17(9-7-15)23-12-16(22)10-21-11-18(20-13-21)14-4-2-1-3-5-14/h1-9,11,13,16,22H,10,12H2/t16-/m1/s1. The van der Waals surface area contributed by atoms with E-state index < -0.39 is 6.10 Å². The number of benzene rings is 2. The minimum absolute atomic E-state index is 0.209. The van der Waals surface area contributed by atoms with Gasteiger partial charge in [-0.05, 0) is 24.3 Å². The lowest BCUT2D eigenvalue weighted by Gasteiger charge is -2.12. The molecule has 0 saturated heterocycles. The number of hydrogen-bond donors (Lipinski definition) is 1. The fraction of sp³-hybridized carbons (Fsp3) is 0.167. The highest BCUT2D eigenvalue weighted by molar-refractivity contribution is 6.30. The van der Waals surface area contributed by atoms with Crippen LogP contribution in [0.25, 0.3) is 11.3 Å². The highest BCUT2D eigenvalue weighted by Crippen LogP contribution is 2.17. The fourth-order valence-corrected chi connectivity index (χ4v) is 2.36. The SMILES string of the molecule is O[C@@H](COc1ccc(Cl)cc1)Cn1cnc(-c2ccccc2)c1. The third-order valence-electron chi connectivity index (χ3n) is 3.38. The Labute approximate surface area is 139 Å². The summed E-state index contributed by atoms with van der Waals surface area (Å²) in [4.78, 5) is 4.36. The van der Waals surface area contributed by atoms with Crippen molar-refractivity contribution in [2.24, 2.45) is 0 Å². The summed E-state index contributed by atoms with van der Waals surface area (Å²) in [5.74, 6) is 0.684. The highest BCUT2D eigenvalue weighted by atomic mass is 35.5. The number of aliphatic hydroxyl groups is 1. The van der Waals surface area contributed by atoms with Crippen molar-refractivity contribution < 1.29 is 9.84 Å². The largest absolute Gasteiger partial charge is 0.491 e. The monoisotopic (exact) mass is 328 g/mol. The fourth-order valence-electron chi connectivity index (χ4n) is 2.24. The maximum atomic E-state index is 10.1. The van der Waals surface area contributed by atoms with Crippen LogP contribution in [-0.2, 0) is 6.54 Å². The topological polar surface area (TPSA) is 47.3 Å². The number of rotatable bonds is 6. The van der Waals surface area contributed by atoms with Crippen molar-refractivity contribution in [3.8, 4) is 17.0 Å². The van der Waals surface area contributed by atoms with E-state index in [1.807, 2.05) is 41.1 Å². The zero-order valence-corrected chi connectivity index (χ0v) is 13.2. The van der Waals surface area contributed by atoms with E-state index in [2.05, 4.69) is 4.98 Å². The molecule has 0 bridgehead atoms. The number of hydrogen-bond acceptors (Lipinski definition) is 3. The summed E-state index contributed by atoms with van der Waals surface area (Å²) >= 11 is 5.82. The Hall–Kier alpha value is -2.30. The van der Waals surface area contributed by atoms with E-state index in [0.29, 0.717) is 17.3 Å². The maximum absolute atomic E-state index is 10.1. The van der Waals surface area contributed by atoms with Gasteiger partial charge in [-0.3, -0.25) is 0 Å². The van der Waals surface area contributed by atoms with Gasteiger partial charge in [-0.25, -0.2) is 4.98 Å². The van der Waals surface area contributed by atoms with Crippen molar-refractivity contribution in [1.82, 2.24) is 9.55 Å². The van der Waals surface area contributed by atoms with Crippen LogP contribution < -0.4 is 4.74 Å². The van der Waals surface area contributed by atoms with E-state index in [1.54, 1.807) is 30.6 Å². The van der Waals surface area contributed by atoms with Crippen LogP contribution in [0.1, 0.15) is 0 Å². The van der Waals surface area contributed by atoms with Crippen LogP contribution in [0.4, 0.5) is 0 Å². The van der Waals surface area contributed by atoms with Gasteiger partial charge in [0.15, 0.2) is 0 Å². The van der Waals surface area contributed by atoms with Crippen LogP contribution >= 0.6 is 11.6 Å². The summed E-state index contributed by atoms with van der Waals surface area (Å²) in [5.41, 5.74) is 1.94. The van der Waals surface area contributed by atoms with Crippen LogP contribution in [0.2, 0.25) is 5.02 Å². The molecule has 4 nitrogen and oxygen atoms in total. The number of aliphatic hydroxyl groups excluding tert-OH is 1. The lowest BCUT2D eigenvalue weighted by atomic mass is 10.2. The molecular weight excluding hydrogens is 312 g/mol. The molecule has 5 heteroatoms. The van der Waals surface area contributed by atoms with Gasteiger partial charge in [0.05, 0.1) is 18.6 Å². The van der Waals surface area contributed by atoms with Crippen molar-refractivity contribution in [2.45, 2.75) is 12.6 Å². The molecular formula is C18H17ClN2O2. The molecule has 0 saturated carbocycles. The average Bonchev–Trinajstić information content (AvgIpc) is 3.04. The molecule has 0 fully saturated rings. The van der Waals surface area contributed by atoms with E-state index >= 15 is 0 Å². The van der Waals surface area contributed by atoms with E-state index in [0.717, 1.165) is 11.3 Å². The van der Waals surface area contributed by atoms with Crippen LogP contribution in [0.15, 0.2) is 67.1 Å². The van der Waals surface area contributed by atoms with Gasteiger partial charge < -0.3 is 14.4 Å². The molecule has 0 aliphatic heterocycles. The predicted octanol–water partition coefficient (Wildman–Crippen LogP) is 3.64. The van der Waals surface area contributed by atoms with Gasteiger partial charge in [-0.15, -0.1) is 0 Å². The molecule has 118 valence electrons. The Bertz CT molecular complexity index is 741. The minimum Gasteiger partial charge on any atom is -0.491 e. The van der Waals surface area contributed by atoms with Gasteiger partial charge in [-0.2, -0.15) is 0 Å². The van der Waals surface area contributed by atoms with E-state index in [-0.39, 0.29) is 6.61 Å². The van der Waals surface area contributed by atoms with E-state index in [4.69, 9.17) is 16.3 Å². The van der Waals surface area contributed by atoms with Crippen LogP contribution in [0, 0.1) is 0 Å². The second-order valence-corrected chi connectivity index (χ2v) is 5.68. The van der Waals surface area contributed by atoms with Gasteiger partial charge in [0.2, 0.25) is 0 Å². The molecule has 23 heavy (non-hydrogen) atoms. The molecule has 0 amide bonds. The van der Waals surface area contributed by atoms with Crippen molar-refractivity contribution in [3.05, 3.63) is 72.1 Å². The molecule has 0 spiro atoms. The number of ether oxygens (including phenoxy) is 1. The summed E-state index contributed by atoms with van der Waals surface area (Å²) < 4.78 is 7.40. The average molecular weight is 329 g/mol. The number of halogens is 1. The third-order valence-corrected chi connectivity index (χ3v) is 3.63. The van der Waals surface area contributed by atoms with Crippen molar-refractivity contribution >= 4 is 11.6 Å². The Morgan fingerprint density at radius 1 is 1.09 bits per heavy atom. The Morgan fingerprint density at radius 3 is 2.57 bits per heavy atom. The smallest absolute Gasteiger partial charge is 0.119 e. The molecule has 0 aliphatic carbocycles. The Balaban J connectivity index is 1.55. The van der Waals surface area contributed by atoms with Crippen LogP contribution in [0.5, 0.6) is 5.75 Å². The highest BCUT2D eigenvalue weighted by Gasteiger charge is 2.08. The van der Waals surface area contributed by atoms with E-state index in [9.17, 15) is 5.11 Å². The lowest BCUT2D eigenvalue weighted by molar-refractivity contribution is 0.0925. The van der Waals surface area contributed by atoms with Gasteiger partial charge >= 0.3 is 0 Å². The summed E-state index contributed by atoms with van der Waals surface area (Å²) in [5, 5.41) is 10.8. The molecule has 1 atom stereocenters. The molecule has 0 aliphatic rings. The van der Waals surface area contributed by atoms with E-state index in [1.165, 1.54) is 0 Å². The minimum atomic E-state index is -0.622. The van der Waals surface area contributed by atoms with Crippen molar-refractivity contribution in [1.29, 1.82) is 0 Å². The molecule has 3 rings (SSSR count). The predicted molar refractivity (Wildman–Crippen MR) is 90.6 cm³/mol. The summed E-state index contributed by atoms with van der Waals surface area (Å²) in [7, 11) is 0. The third kappa shape index (κ3) is 4.34. The van der Waals surface area contributed by atoms with Crippen molar-refractivity contribution in [2.75, 3.05) is 6.61 Å². The maximum Gasteiger partial charge on any atom is 0.119 e. The van der Waals surface area contributed by atoms with Gasteiger partial charge in [0.25, 0.3) is 0 Å². The normalized spacial score (nSPS) is 12.1. The number of imidazole rings is 1. The first-order valence-corrected chi connectivity index (χ1v) is 7.72. The molecule has 0 unspecified atom stereocenters. The summed E-state index contributed by atoms with van der Waals surface area (Å²) in [6.07, 6.45) is 3.01. The quantitative estimate of drug-likeness (QED) is 0.751. The molecule has 2 aromatic carbocycles. The first-order chi connectivity index (χ1) is 11.2. The molecule has 1 aromatic heterocycles. The summed E-state index contributed by atoms with van der Waals surface area (Å²) in [6, 6.07) is 17.0. The van der Waals surface area contributed by atoms with Gasteiger partial charge in [0.1, 0.15) is 18.5 Å². The molecule has 1 heterocycles. The lowest BCUT2D eigenvalue weighted by Crippen LogP contribution is -2.22. The molecule has 0 radical (unpaired) electrons. The second-order valence-electron chi connectivity index (χ2n) is 5.24. The van der Waals surface area contributed by atoms with Crippen molar-refractivity contribution in [3.63, 3.8) is 0 Å². The number of aromatic nitrogens is 2. The number of nitrogens with zero attached hydrogens (tertiary/aromatic N) is 2. The summed E-state index contributed by atoms with van der Waals surface area (Å²) in [6.45, 7) is 0.633. The van der Waals surface area contributed by atoms with Gasteiger partial charge in [0, 0.05) is 16.8 Å². The zero-order valence-electron chi connectivity index (χ0n) is 12.5. The first-order valence-electron chi connectivity index (χ1n) is 7.34. The first kappa shape index (κ1) is 15.6. The zero-order chi connectivity index (χ0) is 16.1. The van der Waals surface area contributed by atoms with Gasteiger partial charge in [-0.1, -0.05) is 41.9 Å². The van der Waals surface area contributed by atoms with Crippen LogP contribution in [0.3, 0.4) is 0 Å². The molecule has 3 aromatic rings. The Kier molecular flexibility index (Phi) is 4.95. The second kappa shape index (κ2) is 7.31. The Morgan fingerprint density at radius 2 is 1.83 bits per heavy atom. The van der Waals surface area contributed by atoms with Crippen LogP contribution in [-0.4, -0.2) is 27.4 Å². The molecule has 1 N–H and O–H groups in total.